The van der Waals surface area contributed by atoms with Gasteiger partial charge in [0.1, 0.15) is 0 Å². The Morgan fingerprint density at radius 3 is 2.50 bits per heavy atom. The van der Waals surface area contributed by atoms with E-state index in [2.05, 4.69) is 56.8 Å². The first kappa shape index (κ1) is 19.6. The maximum atomic E-state index is 4.48. The lowest BCUT2D eigenvalue weighted by Gasteiger charge is -2.35. The standard InChI is InChI=1S/C20H35N5S/c1-16(2)24-12-8-17(9-13-24)23-20(21-3)22-15-18(19-7-6-14-26-19)25-10-4-5-11-25/h6-7,14,16-18H,4-5,8-13,15H2,1-3H3,(H2,21,22,23). The highest BCUT2D eigenvalue weighted by atomic mass is 32.1. The van der Waals surface area contributed by atoms with Crippen molar-refractivity contribution in [2.45, 2.75) is 57.7 Å². The van der Waals surface area contributed by atoms with E-state index in [1.54, 1.807) is 0 Å². The number of rotatable bonds is 6. The van der Waals surface area contributed by atoms with Crippen LogP contribution in [-0.2, 0) is 0 Å². The molecule has 0 aromatic carbocycles. The van der Waals surface area contributed by atoms with Crippen LogP contribution in [0.1, 0.15) is 50.4 Å². The Bertz CT molecular complexity index is 543. The molecule has 1 aromatic rings. The number of guanidine groups is 1. The summed E-state index contributed by atoms with van der Waals surface area (Å²) in [7, 11) is 1.88. The molecule has 1 atom stereocenters. The van der Waals surface area contributed by atoms with Crippen molar-refractivity contribution in [2.75, 3.05) is 39.8 Å². The van der Waals surface area contributed by atoms with Crippen LogP contribution < -0.4 is 10.6 Å². The first-order chi connectivity index (χ1) is 12.7. The van der Waals surface area contributed by atoms with E-state index in [9.17, 15) is 0 Å². The van der Waals surface area contributed by atoms with E-state index in [-0.39, 0.29) is 0 Å². The Hall–Kier alpha value is -1.11. The minimum absolute atomic E-state index is 0.457. The quantitative estimate of drug-likeness (QED) is 0.591. The molecular weight excluding hydrogens is 342 g/mol. The third-order valence-electron chi connectivity index (χ3n) is 5.74. The molecule has 2 aliphatic heterocycles. The molecule has 6 heteroatoms. The second-order valence-corrected chi connectivity index (χ2v) is 8.76. The molecule has 2 fully saturated rings. The van der Waals surface area contributed by atoms with Crippen molar-refractivity contribution < 1.29 is 0 Å². The monoisotopic (exact) mass is 377 g/mol. The molecule has 3 heterocycles. The van der Waals surface area contributed by atoms with Crippen molar-refractivity contribution in [1.82, 2.24) is 20.4 Å². The topological polar surface area (TPSA) is 42.9 Å². The normalized spacial score (nSPS) is 22.1. The first-order valence-electron chi connectivity index (χ1n) is 10.2. The molecule has 26 heavy (non-hydrogen) atoms. The van der Waals surface area contributed by atoms with Gasteiger partial charge >= 0.3 is 0 Å². The Morgan fingerprint density at radius 2 is 1.92 bits per heavy atom. The van der Waals surface area contributed by atoms with Crippen LogP contribution in [-0.4, -0.2) is 67.6 Å². The molecule has 1 aromatic heterocycles. The second-order valence-electron chi connectivity index (χ2n) is 7.78. The molecule has 0 radical (unpaired) electrons. The van der Waals surface area contributed by atoms with Crippen molar-refractivity contribution in [1.29, 1.82) is 0 Å². The van der Waals surface area contributed by atoms with Crippen LogP contribution in [0.3, 0.4) is 0 Å². The number of hydrogen-bond acceptors (Lipinski definition) is 4. The maximum Gasteiger partial charge on any atom is 0.191 e. The first-order valence-corrected chi connectivity index (χ1v) is 11.0. The Kier molecular flexibility index (Phi) is 7.34. The molecule has 0 bridgehead atoms. The highest BCUT2D eigenvalue weighted by Crippen LogP contribution is 2.27. The molecule has 0 saturated carbocycles. The summed E-state index contributed by atoms with van der Waals surface area (Å²) in [5.41, 5.74) is 0. The highest BCUT2D eigenvalue weighted by molar-refractivity contribution is 7.10. The van der Waals surface area contributed by atoms with Crippen molar-refractivity contribution in [3.8, 4) is 0 Å². The van der Waals surface area contributed by atoms with E-state index >= 15 is 0 Å². The van der Waals surface area contributed by atoms with E-state index in [1.165, 1.54) is 56.7 Å². The van der Waals surface area contributed by atoms with Gasteiger partial charge < -0.3 is 15.5 Å². The van der Waals surface area contributed by atoms with Crippen LogP contribution in [0.4, 0.5) is 0 Å². The second kappa shape index (κ2) is 9.72. The van der Waals surface area contributed by atoms with Crippen LogP contribution in [0.5, 0.6) is 0 Å². The number of piperidine rings is 1. The van der Waals surface area contributed by atoms with Crippen molar-refractivity contribution >= 4 is 17.3 Å². The summed E-state index contributed by atoms with van der Waals surface area (Å²) in [4.78, 5) is 11.1. The molecule has 146 valence electrons. The van der Waals surface area contributed by atoms with Crippen LogP contribution >= 0.6 is 11.3 Å². The number of thiophene rings is 1. The van der Waals surface area contributed by atoms with Gasteiger partial charge in [-0.05, 0) is 64.1 Å². The summed E-state index contributed by atoms with van der Waals surface area (Å²) in [5.74, 6) is 0.953. The van der Waals surface area contributed by atoms with Gasteiger partial charge in [0.15, 0.2) is 5.96 Å². The largest absolute Gasteiger partial charge is 0.354 e. The van der Waals surface area contributed by atoms with Gasteiger partial charge in [-0.25, -0.2) is 0 Å². The van der Waals surface area contributed by atoms with E-state index in [0.29, 0.717) is 18.1 Å². The summed E-state index contributed by atoms with van der Waals surface area (Å²) in [6.07, 6.45) is 5.03. The Morgan fingerprint density at radius 1 is 1.19 bits per heavy atom. The van der Waals surface area contributed by atoms with Gasteiger partial charge in [0.25, 0.3) is 0 Å². The third kappa shape index (κ3) is 5.21. The van der Waals surface area contributed by atoms with Gasteiger partial charge in [-0.15, -0.1) is 11.3 Å². The van der Waals surface area contributed by atoms with Crippen molar-refractivity contribution in [3.05, 3.63) is 22.4 Å². The van der Waals surface area contributed by atoms with E-state index < -0.39 is 0 Å². The van der Waals surface area contributed by atoms with Crippen molar-refractivity contribution in [3.63, 3.8) is 0 Å². The van der Waals surface area contributed by atoms with Gasteiger partial charge in [-0.1, -0.05) is 6.07 Å². The number of nitrogens with one attached hydrogen (secondary N) is 2. The molecule has 0 spiro atoms. The molecule has 2 N–H and O–H groups in total. The summed E-state index contributed by atoms with van der Waals surface area (Å²) in [6.45, 7) is 10.3. The molecule has 5 nitrogen and oxygen atoms in total. The molecule has 2 aliphatic rings. The number of likely N-dealkylation sites (tertiary alicyclic amines) is 2. The zero-order valence-electron chi connectivity index (χ0n) is 16.6. The lowest BCUT2D eigenvalue weighted by molar-refractivity contribution is 0.167. The fourth-order valence-electron chi connectivity index (χ4n) is 4.09. The zero-order valence-corrected chi connectivity index (χ0v) is 17.4. The molecular formula is C20H35N5S. The van der Waals surface area contributed by atoms with Crippen LogP contribution in [0.15, 0.2) is 22.5 Å². The maximum absolute atomic E-state index is 4.48. The lowest BCUT2D eigenvalue weighted by Crippen LogP contribution is -2.50. The molecule has 3 rings (SSSR count). The average Bonchev–Trinajstić information content (AvgIpc) is 3.36. The SMILES string of the molecule is CN=C(NCC(c1cccs1)N1CCCC1)NC1CCN(C(C)C)CC1. The molecule has 0 amide bonds. The number of aliphatic imine (C=N–C) groups is 1. The van der Waals surface area contributed by atoms with E-state index in [4.69, 9.17) is 0 Å². The van der Waals surface area contributed by atoms with Gasteiger partial charge in [0.2, 0.25) is 0 Å². The minimum Gasteiger partial charge on any atom is -0.354 e. The summed E-state index contributed by atoms with van der Waals surface area (Å²) < 4.78 is 0. The number of hydrogen-bond donors (Lipinski definition) is 2. The molecule has 0 aliphatic carbocycles. The van der Waals surface area contributed by atoms with E-state index in [0.717, 1.165) is 12.5 Å². The van der Waals surface area contributed by atoms with Gasteiger partial charge in [0.05, 0.1) is 6.04 Å². The Balaban J connectivity index is 1.51. The van der Waals surface area contributed by atoms with Crippen LogP contribution in [0.2, 0.25) is 0 Å². The minimum atomic E-state index is 0.457. The smallest absolute Gasteiger partial charge is 0.191 e. The summed E-state index contributed by atoms with van der Waals surface area (Å²) in [5, 5.41) is 9.45. The van der Waals surface area contributed by atoms with Gasteiger partial charge in [-0.2, -0.15) is 0 Å². The van der Waals surface area contributed by atoms with Gasteiger partial charge in [-0.3, -0.25) is 9.89 Å². The fourth-order valence-corrected chi connectivity index (χ4v) is 4.95. The molecule has 2 saturated heterocycles. The zero-order chi connectivity index (χ0) is 18.4. The predicted octanol–water partition coefficient (Wildman–Crippen LogP) is 2.92. The fraction of sp³-hybridized carbons (Fsp3) is 0.750. The van der Waals surface area contributed by atoms with Crippen LogP contribution in [0, 0.1) is 0 Å². The third-order valence-corrected chi connectivity index (χ3v) is 6.71. The molecule has 1 unspecified atom stereocenters. The van der Waals surface area contributed by atoms with E-state index in [1.807, 2.05) is 18.4 Å². The Labute approximate surface area is 162 Å². The lowest BCUT2D eigenvalue weighted by atomic mass is 10.0. The van der Waals surface area contributed by atoms with Gasteiger partial charge in [0, 0.05) is 43.6 Å². The number of nitrogens with zero attached hydrogens (tertiary/aromatic N) is 3. The van der Waals surface area contributed by atoms with Crippen molar-refractivity contribution in [2.24, 2.45) is 4.99 Å². The summed E-state index contributed by atoms with van der Waals surface area (Å²) >= 11 is 1.87. The predicted molar refractivity (Wildman–Crippen MR) is 112 cm³/mol. The summed E-state index contributed by atoms with van der Waals surface area (Å²) in [6, 6.07) is 6.08. The highest BCUT2D eigenvalue weighted by Gasteiger charge is 2.25. The van der Waals surface area contributed by atoms with Crippen LogP contribution in [0.25, 0.3) is 0 Å². The average molecular weight is 378 g/mol.